The lowest BCUT2D eigenvalue weighted by atomic mass is 10.1. The van der Waals surface area contributed by atoms with Gasteiger partial charge in [-0.05, 0) is 36.6 Å². The van der Waals surface area contributed by atoms with Gasteiger partial charge < -0.3 is 10.2 Å². The second-order valence-electron chi connectivity index (χ2n) is 5.79. The first-order valence-electron chi connectivity index (χ1n) is 7.84. The molecular formula is C19H18N4O. The summed E-state index contributed by atoms with van der Waals surface area (Å²) >= 11 is 0. The second kappa shape index (κ2) is 6.97. The third kappa shape index (κ3) is 3.28. The normalized spacial score (nSPS) is 16.4. The Labute approximate surface area is 141 Å². The summed E-state index contributed by atoms with van der Waals surface area (Å²) in [5, 5.41) is 12.1. The van der Waals surface area contributed by atoms with Crippen molar-refractivity contribution in [1.29, 1.82) is 5.26 Å². The smallest absolute Gasteiger partial charge is 0.263 e. The zero-order valence-corrected chi connectivity index (χ0v) is 13.4. The maximum atomic E-state index is 12.3. The number of nitriles is 1. The molecule has 1 aliphatic rings. The standard InChI is InChI=1S/C19H18N4O/c1-14-9-16-6-2-3-7-18(16)23(14)13-17(10-20)19(24)22-12-15-5-4-8-21-11-15/h2-8,11,13-14H,9,12H2,1H3,(H,22,24)/b17-13-. The van der Waals surface area contributed by atoms with Crippen molar-refractivity contribution in [3.63, 3.8) is 0 Å². The average Bonchev–Trinajstić information content (AvgIpc) is 2.93. The van der Waals surface area contributed by atoms with E-state index in [1.807, 2.05) is 41.3 Å². The number of aromatic nitrogens is 1. The van der Waals surface area contributed by atoms with Crippen molar-refractivity contribution in [2.45, 2.75) is 25.9 Å². The Morgan fingerprint density at radius 2 is 2.25 bits per heavy atom. The zero-order chi connectivity index (χ0) is 16.9. The monoisotopic (exact) mass is 318 g/mol. The number of benzene rings is 1. The molecule has 5 heteroatoms. The van der Waals surface area contributed by atoms with Crippen LogP contribution in [0, 0.1) is 11.3 Å². The molecule has 0 saturated carbocycles. The van der Waals surface area contributed by atoms with Gasteiger partial charge in [-0.25, -0.2) is 0 Å². The number of hydrogen-bond donors (Lipinski definition) is 1. The summed E-state index contributed by atoms with van der Waals surface area (Å²) in [5.41, 5.74) is 3.28. The van der Waals surface area contributed by atoms with Crippen LogP contribution in [0.4, 0.5) is 5.69 Å². The quantitative estimate of drug-likeness (QED) is 0.695. The van der Waals surface area contributed by atoms with E-state index in [9.17, 15) is 10.1 Å². The largest absolute Gasteiger partial charge is 0.347 e. The minimum atomic E-state index is -0.377. The van der Waals surface area contributed by atoms with E-state index >= 15 is 0 Å². The van der Waals surface area contributed by atoms with Gasteiger partial charge in [0, 0.05) is 36.9 Å². The molecule has 1 N–H and O–H groups in total. The van der Waals surface area contributed by atoms with Crippen molar-refractivity contribution in [1.82, 2.24) is 10.3 Å². The van der Waals surface area contributed by atoms with Gasteiger partial charge in [-0.3, -0.25) is 9.78 Å². The highest BCUT2D eigenvalue weighted by Gasteiger charge is 2.25. The van der Waals surface area contributed by atoms with Crippen LogP contribution in [-0.4, -0.2) is 16.9 Å². The van der Waals surface area contributed by atoms with E-state index in [1.54, 1.807) is 18.6 Å². The molecule has 2 heterocycles. The number of rotatable bonds is 4. The van der Waals surface area contributed by atoms with Crippen LogP contribution in [0.25, 0.3) is 0 Å². The molecule has 0 saturated heterocycles. The predicted octanol–water partition coefficient (Wildman–Crippen LogP) is 2.56. The molecule has 1 amide bonds. The number of hydrogen-bond acceptors (Lipinski definition) is 4. The number of carbonyl (C=O) groups is 1. The van der Waals surface area contributed by atoms with Crippen LogP contribution in [0.2, 0.25) is 0 Å². The van der Waals surface area contributed by atoms with Crippen LogP contribution >= 0.6 is 0 Å². The van der Waals surface area contributed by atoms with E-state index in [4.69, 9.17) is 0 Å². The van der Waals surface area contributed by atoms with Crippen LogP contribution in [0.5, 0.6) is 0 Å². The van der Waals surface area contributed by atoms with E-state index in [0.717, 1.165) is 17.7 Å². The van der Waals surface area contributed by atoms with Crippen molar-refractivity contribution >= 4 is 11.6 Å². The fourth-order valence-corrected chi connectivity index (χ4v) is 2.84. The first kappa shape index (κ1) is 15.8. The summed E-state index contributed by atoms with van der Waals surface area (Å²) in [6.07, 6.45) is 5.92. The molecule has 3 rings (SSSR count). The molecule has 0 spiro atoms. The topological polar surface area (TPSA) is 69.0 Å². The van der Waals surface area contributed by atoms with Gasteiger partial charge in [-0.15, -0.1) is 0 Å². The maximum absolute atomic E-state index is 12.3. The zero-order valence-electron chi connectivity index (χ0n) is 13.4. The summed E-state index contributed by atoms with van der Waals surface area (Å²) in [5.74, 6) is -0.377. The molecule has 0 radical (unpaired) electrons. The van der Waals surface area contributed by atoms with Gasteiger partial charge in [0.15, 0.2) is 0 Å². The number of para-hydroxylation sites is 1. The van der Waals surface area contributed by atoms with Crippen molar-refractivity contribution in [2.75, 3.05) is 4.90 Å². The molecule has 1 aromatic heterocycles. The van der Waals surface area contributed by atoms with Gasteiger partial charge in [-0.2, -0.15) is 5.26 Å². The van der Waals surface area contributed by atoms with E-state index in [-0.39, 0.29) is 17.5 Å². The van der Waals surface area contributed by atoms with Crippen LogP contribution in [0.1, 0.15) is 18.1 Å². The van der Waals surface area contributed by atoms with Gasteiger partial charge in [0.25, 0.3) is 5.91 Å². The number of amides is 1. The van der Waals surface area contributed by atoms with Gasteiger partial charge in [0.05, 0.1) is 0 Å². The third-order valence-corrected chi connectivity index (χ3v) is 4.07. The van der Waals surface area contributed by atoms with Crippen LogP contribution in [0.3, 0.4) is 0 Å². The molecule has 1 unspecified atom stereocenters. The summed E-state index contributed by atoms with van der Waals surface area (Å²) in [6.45, 7) is 2.43. The Morgan fingerprint density at radius 3 is 3.00 bits per heavy atom. The third-order valence-electron chi connectivity index (χ3n) is 4.07. The second-order valence-corrected chi connectivity index (χ2v) is 5.79. The minimum absolute atomic E-state index is 0.0995. The van der Waals surface area contributed by atoms with Crippen molar-refractivity contribution in [2.24, 2.45) is 0 Å². The first-order chi connectivity index (χ1) is 11.7. The highest BCUT2D eigenvalue weighted by atomic mass is 16.1. The number of nitrogens with zero attached hydrogens (tertiary/aromatic N) is 3. The molecule has 5 nitrogen and oxygen atoms in total. The lowest BCUT2D eigenvalue weighted by molar-refractivity contribution is -0.117. The molecule has 120 valence electrons. The molecule has 0 fully saturated rings. The lowest BCUT2D eigenvalue weighted by Crippen LogP contribution is -2.28. The van der Waals surface area contributed by atoms with Crippen LogP contribution in [0.15, 0.2) is 60.6 Å². The highest BCUT2D eigenvalue weighted by molar-refractivity contribution is 5.97. The van der Waals surface area contributed by atoms with Crippen LogP contribution in [-0.2, 0) is 17.8 Å². The number of fused-ring (bicyclic) bond motifs is 1. The molecule has 1 atom stereocenters. The molecule has 0 bridgehead atoms. The molecule has 1 aromatic carbocycles. The number of pyridine rings is 1. The van der Waals surface area contributed by atoms with E-state index in [2.05, 4.69) is 23.3 Å². The SMILES string of the molecule is CC1Cc2ccccc2N1/C=C(/C#N)C(=O)NCc1cccnc1. The Kier molecular flexibility index (Phi) is 4.57. The van der Waals surface area contributed by atoms with Gasteiger partial charge in [0.1, 0.15) is 11.6 Å². The Morgan fingerprint density at radius 1 is 1.42 bits per heavy atom. The lowest BCUT2D eigenvalue weighted by Gasteiger charge is -2.20. The first-order valence-corrected chi connectivity index (χ1v) is 7.84. The summed E-state index contributed by atoms with van der Waals surface area (Å²) in [6, 6.07) is 14.0. The fraction of sp³-hybridized carbons (Fsp3) is 0.211. The Bertz CT molecular complexity index is 808. The number of carbonyl (C=O) groups excluding carboxylic acids is 1. The Hall–Kier alpha value is -3.13. The summed E-state index contributed by atoms with van der Waals surface area (Å²) in [4.78, 5) is 18.3. The van der Waals surface area contributed by atoms with Gasteiger partial charge in [-0.1, -0.05) is 24.3 Å². The predicted molar refractivity (Wildman–Crippen MR) is 91.9 cm³/mol. The number of anilines is 1. The number of nitrogens with one attached hydrogen (secondary N) is 1. The molecular weight excluding hydrogens is 300 g/mol. The van der Waals surface area contributed by atoms with E-state index in [1.165, 1.54) is 5.56 Å². The van der Waals surface area contributed by atoms with Crippen molar-refractivity contribution < 1.29 is 4.79 Å². The summed E-state index contributed by atoms with van der Waals surface area (Å²) in [7, 11) is 0. The van der Waals surface area contributed by atoms with Gasteiger partial charge in [0.2, 0.25) is 0 Å². The van der Waals surface area contributed by atoms with E-state index < -0.39 is 0 Å². The minimum Gasteiger partial charge on any atom is -0.347 e. The maximum Gasteiger partial charge on any atom is 0.263 e. The summed E-state index contributed by atoms with van der Waals surface area (Å²) < 4.78 is 0. The highest BCUT2D eigenvalue weighted by Crippen LogP contribution is 2.32. The van der Waals surface area contributed by atoms with E-state index in [0.29, 0.717) is 6.54 Å². The molecule has 24 heavy (non-hydrogen) atoms. The Balaban J connectivity index is 1.75. The van der Waals surface area contributed by atoms with Gasteiger partial charge >= 0.3 is 0 Å². The molecule has 1 aliphatic heterocycles. The fourth-order valence-electron chi connectivity index (χ4n) is 2.84. The molecule has 2 aromatic rings. The average molecular weight is 318 g/mol. The van der Waals surface area contributed by atoms with Crippen LogP contribution < -0.4 is 10.2 Å². The van der Waals surface area contributed by atoms with Crippen molar-refractivity contribution in [3.8, 4) is 6.07 Å². The van der Waals surface area contributed by atoms with Crippen molar-refractivity contribution in [3.05, 3.63) is 71.7 Å². The molecule has 0 aliphatic carbocycles.